The first-order valence-electron chi connectivity index (χ1n) is 13.7. The lowest BCUT2D eigenvalue weighted by Gasteiger charge is -2.44. The number of pyridine rings is 1. The van der Waals surface area contributed by atoms with Crippen molar-refractivity contribution < 1.29 is 31.9 Å². The van der Waals surface area contributed by atoms with E-state index in [0.29, 0.717) is 68.8 Å². The van der Waals surface area contributed by atoms with Crippen molar-refractivity contribution in [2.45, 2.75) is 32.1 Å². The van der Waals surface area contributed by atoms with Gasteiger partial charge in [0, 0.05) is 62.3 Å². The molecule has 1 N–H and O–H groups in total. The van der Waals surface area contributed by atoms with Gasteiger partial charge in [0.05, 0.1) is 30.2 Å². The third-order valence-corrected chi connectivity index (χ3v) is 8.01. The summed E-state index contributed by atoms with van der Waals surface area (Å²) in [7, 11) is 1.99. The van der Waals surface area contributed by atoms with Crippen LogP contribution in [0, 0.1) is 11.7 Å². The highest BCUT2D eigenvalue weighted by molar-refractivity contribution is 6.11. The topological polar surface area (TPSA) is 90.4 Å². The Hall–Kier alpha value is -3.84. The van der Waals surface area contributed by atoms with Crippen LogP contribution in [-0.4, -0.2) is 92.6 Å². The van der Waals surface area contributed by atoms with Crippen molar-refractivity contribution in [3.63, 3.8) is 0 Å². The monoisotopic (exact) mass is 588 g/mol. The molecule has 1 unspecified atom stereocenters. The highest BCUT2D eigenvalue weighted by Crippen LogP contribution is 2.38. The number of dihydropyridines is 1. The van der Waals surface area contributed by atoms with E-state index in [1.165, 1.54) is 12.1 Å². The van der Waals surface area contributed by atoms with E-state index >= 15 is 4.39 Å². The molecular formula is C29H32F4N6O3. The van der Waals surface area contributed by atoms with E-state index in [1.807, 2.05) is 30.7 Å². The first kappa shape index (κ1) is 29.6. The van der Waals surface area contributed by atoms with Crippen LogP contribution in [0.4, 0.5) is 34.8 Å². The molecule has 4 heterocycles. The maximum Gasteiger partial charge on any atom is 0.414 e. The third kappa shape index (κ3) is 6.16. The molecule has 0 aliphatic carbocycles. The molecular weight excluding hydrogens is 556 g/mol. The summed E-state index contributed by atoms with van der Waals surface area (Å²) in [6.45, 7) is 7.38. The zero-order valence-electron chi connectivity index (χ0n) is 23.5. The Balaban J connectivity index is 1.54. The van der Waals surface area contributed by atoms with E-state index in [-0.39, 0.29) is 23.3 Å². The number of alkyl halides is 3. The zero-order chi connectivity index (χ0) is 30.2. The van der Waals surface area contributed by atoms with Crippen molar-refractivity contribution in [1.82, 2.24) is 9.88 Å². The summed E-state index contributed by atoms with van der Waals surface area (Å²) in [6, 6.07) is 6.30. The lowest BCUT2D eigenvalue weighted by molar-refractivity contribution is -0.124. The number of anilines is 3. The van der Waals surface area contributed by atoms with Crippen LogP contribution < -0.4 is 15.1 Å². The fourth-order valence-corrected chi connectivity index (χ4v) is 5.46. The van der Waals surface area contributed by atoms with Crippen molar-refractivity contribution in [3.8, 4) is 11.1 Å². The number of hydrogen-bond donors (Lipinski definition) is 1. The van der Waals surface area contributed by atoms with Crippen molar-refractivity contribution in [3.05, 3.63) is 47.9 Å². The number of aliphatic imine (C=N–C) groups is 1. The Morgan fingerprint density at radius 3 is 2.43 bits per heavy atom. The molecule has 0 bridgehead atoms. The minimum absolute atomic E-state index is 0.0903. The lowest BCUT2D eigenvalue weighted by Crippen LogP contribution is -2.55. The van der Waals surface area contributed by atoms with E-state index in [1.54, 1.807) is 18.3 Å². The largest absolute Gasteiger partial charge is 0.414 e. The highest BCUT2D eigenvalue weighted by atomic mass is 19.4. The van der Waals surface area contributed by atoms with Gasteiger partial charge in [-0.2, -0.15) is 13.2 Å². The molecule has 224 valence electrons. The summed E-state index contributed by atoms with van der Waals surface area (Å²) < 4.78 is 62.5. The van der Waals surface area contributed by atoms with Gasteiger partial charge < -0.3 is 19.9 Å². The van der Waals surface area contributed by atoms with Crippen LogP contribution in [0.2, 0.25) is 0 Å². The van der Waals surface area contributed by atoms with Gasteiger partial charge in [-0.05, 0) is 50.7 Å². The van der Waals surface area contributed by atoms with Gasteiger partial charge in [-0.15, -0.1) is 0 Å². The minimum Gasteiger partial charge on any atom is -0.378 e. The van der Waals surface area contributed by atoms with Crippen LogP contribution in [0.5, 0.6) is 0 Å². The fraction of sp³-hybridized carbons (Fsp3) is 0.448. The van der Waals surface area contributed by atoms with Crippen molar-refractivity contribution in [2.24, 2.45) is 10.9 Å². The molecule has 1 aromatic heterocycles. The molecule has 0 radical (unpaired) electrons. The molecule has 2 aromatic rings. The number of carbonyl (C=O) groups is 2. The molecule has 1 aromatic carbocycles. The average molecular weight is 589 g/mol. The number of carbonyl (C=O) groups excluding carboxylic acids is 2. The lowest BCUT2D eigenvalue weighted by atomic mass is 9.95. The number of aromatic nitrogens is 1. The Morgan fingerprint density at radius 2 is 1.76 bits per heavy atom. The summed E-state index contributed by atoms with van der Waals surface area (Å²) in [5.41, 5.74) is -0.167. The van der Waals surface area contributed by atoms with E-state index < -0.39 is 35.3 Å². The fourth-order valence-electron chi connectivity index (χ4n) is 5.46. The van der Waals surface area contributed by atoms with Crippen LogP contribution in [-0.2, 0) is 14.3 Å². The smallest absolute Gasteiger partial charge is 0.378 e. The number of benzene rings is 1. The molecule has 2 fully saturated rings. The zero-order valence-corrected chi connectivity index (χ0v) is 23.5. The second kappa shape index (κ2) is 11.8. The van der Waals surface area contributed by atoms with Crippen LogP contribution in [0.3, 0.4) is 0 Å². The molecule has 3 atom stereocenters. The van der Waals surface area contributed by atoms with E-state index in [9.17, 15) is 22.8 Å². The number of morpholine rings is 1. The first-order valence-corrected chi connectivity index (χ1v) is 13.7. The Bertz CT molecular complexity index is 1410. The minimum atomic E-state index is -4.92. The van der Waals surface area contributed by atoms with Crippen LogP contribution in [0.1, 0.15) is 13.8 Å². The van der Waals surface area contributed by atoms with E-state index in [4.69, 9.17) is 4.74 Å². The molecule has 3 aliphatic heterocycles. The number of likely N-dealkylation sites (N-methyl/N-ethyl adjacent to an activating group) is 1. The van der Waals surface area contributed by atoms with Gasteiger partial charge >= 0.3 is 6.18 Å². The van der Waals surface area contributed by atoms with E-state index in [2.05, 4.69) is 20.2 Å². The van der Waals surface area contributed by atoms with E-state index in [0.717, 1.165) is 0 Å². The van der Waals surface area contributed by atoms with Gasteiger partial charge in [-0.25, -0.2) is 14.4 Å². The number of nitrogens with zero attached hydrogens (tertiary/aromatic N) is 5. The van der Waals surface area contributed by atoms with Crippen molar-refractivity contribution >= 4 is 35.2 Å². The molecule has 9 nitrogen and oxygen atoms in total. The number of rotatable bonds is 5. The Labute approximate surface area is 240 Å². The van der Waals surface area contributed by atoms with Gasteiger partial charge in [0.25, 0.3) is 5.91 Å². The summed E-state index contributed by atoms with van der Waals surface area (Å²) in [5.74, 6) is -3.89. The molecule has 2 saturated heterocycles. The summed E-state index contributed by atoms with van der Waals surface area (Å²) >= 11 is 0. The summed E-state index contributed by atoms with van der Waals surface area (Å²) in [6.07, 6.45) is -2.33. The number of hydrogen-bond acceptors (Lipinski definition) is 7. The summed E-state index contributed by atoms with van der Waals surface area (Å²) in [4.78, 5) is 38.9. The predicted molar refractivity (Wildman–Crippen MR) is 151 cm³/mol. The first-order chi connectivity index (χ1) is 19.9. The molecule has 0 saturated carbocycles. The molecule has 3 aliphatic rings. The third-order valence-electron chi connectivity index (χ3n) is 8.01. The maximum absolute atomic E-state index is 15.8. The Morgan fingerprint density at radius 1 is 1.07 bits per heavy atom. The van der Waals surface area contributed by atoms with Crippen LogP contribution in [0.25, 0.3) is 11.1 Å². The Kier molecular flexibility index (Phi) is 8.33. The summed E-state index contributed by atoms with van der Waals surface area (Å²) in [5, 5.41) is 2.60. The second-order valence-electron chi connectivity index (χ2n) is 10.8. The standard InChI is InChI=1S/C29H32F4N6O3/c1-17-15-39(16-18(2)37(17)3)25-13-23(30)20(19-4-5-34-26(10-19)38-6-8-42-9-7-38)11-24(25)36-28(41)21-14-35-27(40)12-22(21)29(31,32)33/h4-5,10-14,17-18,21H,6-9,15-16H2,1-3H3,(H,36,41)/t17-,18+,21?. The highest BCUT2D eigenvalue weighted by Gasteiger charge is 2.43. The number of amides is 2. The predicted octanol–water partition coefficient (Wildman–Crippen LogP) is 3.91. The molecule has 42 heavy (non-hydrogen) atoms. The molecule has 2 amide bonds. The van der Waals surface area contributed by atoms with Gasteiger partial charge in [-0.3, -0.25) is 14.5 Å². The molecule has 13 heteroatoms. The van der Waals surface area contributed by atoms with Crippen molar-refractivity contribution in [2.75, 3.05) is 61.6 Å². The maximum atomic E-state index is 15.8. The number of halogens is 4. The number of nitrogens with one attached hydrogen (secondary N) is 1. The SMILES string of the molecule is C[C@@H]1CN(c2cc(F)c(-c3ccnc(N4CCOCC4)c3)cc2NC(=O)C2C=NC(=O)C=C2C(F)(F)F)C[C@H](C)N1C. The van der Waals surface area contributed by atoms with Gasteiger partial charge in [-0.1, -0.05) is 0 Å². The van der Waals surface area contributed by atoms with Gasteiger partial charge in [0.2, 0.25) is 5.91 Å². The van der Waals surface area contributed by atoms with Gasteiger partial charge in [0.1, 0.15) is 17.6 Å². The number of piperazine rings is 1. The van der Waals surface area contributed by atoms with Crippen molar-refractivity contribution in [1.29, 1.82) is 0 Å². The quantitative estimate of drug-likeness (QED) is 0.530. The van der Waals surface area contributed by atoms with Crippen LogP contribution >= 0.6 is 0 Å². The van der Waals surface area contributed by atoms with Crippen LogP contribution in [0.15, 0.2) is 47.1 Å². The second-order valence-corrected chi connectivity index (χ2v) is 10.8. The molecule has 0 spiro atoms. The molecule has 5 rings (SSSR count). The van der Waals surface area contributed by atoms with Gasteiger partial charge in [0.15, 0.2) is 0 Å². The normalized spacial score (nSPS) is 23.6. The average Bonchev–Trinajstić information content (AvgIpc) is 2.96. The number of ether oxygens (including phenoxy) is 1.